The Balaban J connectivity index is 1.49. The van der Waals surface area contributed by atoms with E-state index in [2.05, 4.69) is 40.3 Å². The highest BCUT2D eigenvalue weighted by Gasteiger charge is 2.25. The molecule has 0 amide bonds. The second-order valence-corrected chi connectivity index (χ2v) is 9.68. The molecule has 0 spiro atoms. The topological polar surface area (TPSA) is 65.5 Å². The van der Waals surface area contributed by atoms with Crippen LogP contribution in [0.3, 0.4) is 0 Å². The lowest BCUT2D eigenvalue weighted by Gasteiger charge is -2.36. The zero-order valence-electron chi connectivity index (χ0n) is 18.4. The zero-order chi connectivity index (χ0) is 20.9. The number of thiocarbonyl (C=S) groups is 1. The Bertz CT molecular complexity index is 710. The number of nitrogens with one attached hydrogen (secondary N) is 2. The van der Waals surface area contributed by atoms with Crippen LogP contribution < -0.4 is 20.4 Å². The summed E-state index contributed by atoms with van der Waals surface area (Å²) in [4.78, 5) is 14.5. The van der Waals surface area contributed by atoms with Gasteiger partial charge in [-0.05, 0) is 62.6 Å². The normalized spacial score (nSPS) is 27.2. The van der Waals surface area contributed by atoms with Gasteiger partial charge < -0.3 is 25.2 Å². The molecule has 166 valence electrons. The summed E-state index contributed by atoms with van der Waals surface area (Å²) in [6.45, 7) is 10.4. The fraction of sp³-hybridized carbons (Fsp3) is 0.773. The number of nitrogens with zero attached hydrogens (tertiary/aromatic N) is 4. The van der Waals surface area contributed by atoms with Gasteiger partial charge >= 0.3 is 0 Å². The maximum atomic E-state index is 5.68. The Labute approximate surface area is 186 Å². The first kappa shape index (κ1) is 21.6. The van der Waals surface area contributed by atoms with Crippen LogP contribution in [-0.4, -0.2) is 60.5 Å². The summed E-state index contributed by atoms with van der Waals surface area (Å²) < 4.78 is 5.68. The Kier molecular flexibility index (Phi) is 7.25. The monoisotopic (exact) mass is 432 g/mol. The highest BCUT2D eigenvalue weighted by Crippen LogP contribution is 2.29. The van der Waals surface area contributed by atoms with Crippen molar-refractivity contribution in [1.29, 1.82) is 0 Å². The average Bonchev–Trinajstić information content (AvgIpc) is 3.26. The average molecular weight is 433 g/mol. The molecule has 1 aromatic heterocycles. The molecule has 3 fully saturated rings. The Morgan fingerprint density at radius 1 is 1.07 bits per heavy atom. The van der Waals surface area contributed by atoms with Crippen molar-refractivity contribution in [1.82, 2.24) is 15.3 Å². The molecule has 4 heterocycles. The van der Waals surface area contributed by atoms with Gasteiger partial charge in [-0.2, -0.15) is 9.97 Å². The predicted octanol–water partition coefficient (Wildman–Crippen LogP) is 3.41. The van der Waals surface area contributed by atoms with E-state index in [0.29, 0.717) is 22.9 Å². The van der Waals surface area contributed by atoms with Crippen LogP contribution in [-0.2, 0) is 4.74 Å². The zero-order valence-corrected chi connectivity index (χ0v) is 19.2. The lowest BCUT2D eigenvalue weighted by Crippen LogP contribution is -2.40. The summed E-state index contributed by atoms with van der Waals surface area (Å²) in [5, 5.41) is 7.07. The van der Waals surface area contributed by atoms with Crippen LogP contribution >= 0.6 is 12.2 Å². The number of aromatic nitrogens is 2. The molecular weight excluding hydrogens is 396 g/mol. The maximum Gasteiger partial charge on any atom is 0.232 e. The van der Waals surface area contributed by atoms with Gasteiger partial charge in [-0.1, -0.05) is 13.8 Å². The number of piperidine rings is 2. The molecule has 3 saturated heterocycles. The van der Waals surface area contributed by atoms with Crippen molar-refractivity contribution in [3.8, 4) is 0 Å². The van der Waals surface area contributed by atoms with Gasteiger partial charge in [-0.3, -0.25) is 0 Å². The summed E-state index contributed by atoms with van der Waals surface area (Å²) in [5.74, 6) is 3.95. The van der Waals surface area contributed by atoms with E-state index in [0.717, 1.165) is 63.8 Å². The molecule has 0 aliphatic carbocycles. The van der Waals surface area contributed by atoms with Crippen LogP contribution in [0.5, 0.6) is 0 Å². The summed E-state index contributed by atoms with van der Waals surface area (Å²) in [7, 11) is 0. The van der Waals surface area contributed by atoms with E-state index >= 15 is 0 Å². The Morgan fingerprint density at radius 3 is 2.43 bits per heavy atom. The van der Waals surface area contributed by atoms with Crippen molar-refractivity contribution in [3.05, 3.63) is 6.07 Å². The van der Waals surface area contributed by atoms with Crippen molar-refractivity contribution in [3.63, 3.8) is 0 Å². The minimum Gasteiger partial charge on any atom is -0.376 e. The number of ether oxygens (including phenoxy) is 1. The molecule has 3 atom stereocenters. The van der Waals surface area contributed by atoms with Crippen LogP contribution in [0.4, 0.5) is 17.6 Å². The second-order valence-electron chi connectivity index (χ2n) is 9.28. The number of hydrogen-bond acceptors (Lipinski definition) is 6. The second kappa shape index (κ2) is 10.1. The van der Waals surface area contributed by atoms with Crippen LogP contribution in [0.25, 0.3) is 0 Å². The van der Waals surface area contributed by atoms with Crippen molar-refractivity contribution >= 4 is 34.9 Å². The fourth-order valence-electron chi connectivity index (χ4n) is 4.93. The van der Waals surface area contributed by atoms with Crippen molar-refractivity contribution < 1.29 is 4.74 Å². The van der Waals surface area contributed by atoms with Crippen LogP contribution in [0.2, 0.25) is 0 Å². The molecule has 0 radical (unpaired) electrons. The summed E-state index contributed by atoms with van der Waals surface area (Å²) >= 11 is 5.52. The lowest BCUT2D eigenvalue weighted by atomic mass is 9.92. The summed E-state index contributed by atoms with van der Waals surface area (Å²) in [5.41, 5.74) is 0. The van der Waals surface area contributed by atoms with E-state index in [9.17, 15) is 0 Å². The molecule has 4 rings (SSSR count). The molecule has 3 aliphatic rings. The molecule has 8 heteroatoms. The third kappa shape index (κ3) is 5.72. The van der Waals surface area contributed by atoms with Crippen molar-refractivity contribution in [2.75, 3.05) is 54.4 Å². The van der Waals surface area contributed by atoms with Gasteiger partial charge in [0.05, 0.1) is 6.10 Å². The van der Waals surface area contributed by atoms with E-state index < -0.39 is 0 Å². The van der Waals surface area contributed by atoms with Crippen LogP contribution in [0.1, 0.15) is 52.4 Å². The SMILES string of the molecule is CC1CC(C)CN(c2cc(N3CCCCC3)nc(NC(=S)NCC3CCCO3)n2)C1. The first-order valence-electron chi connectivity index (χ1n) is 11.6. The van der Waals surface area contributed by atoms with Crippen molar-refractivity contribution in [2.45, 2.75) is 58.5 Å². The highest BCUT2D eigenvalue weighted by molar-refractivity contribution is 7.80. The quantitative estimate of drug-likeness (QED) is 0.686. The molecule has 3 aliphatic heterocycles. The van der Waals surface area contributed by atoms with Crippen molar-refractivity contribution in [2.24, 2.45) is 11.8 Å². The first-order chi connectivity index (χ1) is 14.6. The Hall–Kier alpha value is -1.67. The molecule has 1 aromatic rings. The minimum absolute atomic E-state index is 0.247. The number of anilines is 3. The van der Waals surface area contributed by atoms with Gasteiger partial charge in [0.15, 0.2) is 5.11 Å². The smallest absolute Gasteiger partial charge is 0.232 e. The largest absolute Gasteiger partial charge is 0.376 e. The van der Waals surface area contributed by atoms with Crippen LogP contribution in [0, 0.1) is 11.8 Å². The maximum absolute atomic E-state index is 5.68. The third-order valence-corrected chi connectivity index (χ3v) is 6.56. The summed E-state index contributed by atoms with van der Waals surface area (Å²) in [6.07, 6.45) is 7.50. The number of rotatable bonds is 5. The van der Waals surface area contributed by atoms with E-state index in [-0.39, 0.29) is 6.10 Å². The van der Waals surface area contributed by atoms with E-state index in [1.165, 1.54) is 25.7 Å². The highest BCUT2D eigenvalue weighted by atomic mass is 32.1. The van der Waals surface area contributed by atoms with Gasteiger partial charge in [-0.25, -0.2) is 0 Å². The van der Waals surface area contributed by atoms with Gasteiger partial charge in [-0.15, -0.1) is 0 Å². The van der Waals surface area contributed by atoms with Gasteiger partial charge in [0.25, 0.3) is 0 Å². The standard InChI is InChI=1S/C22H36N6OS/c1-16-11-17(2)15-28(14-16)20-12-19(27-8-4-3-5-9-27)24-21(25-20)26-22(30)23-13-18-7-6-10-29-18/h12,16-18H,3-11,13-15H2,1-2H3,(H2,23,24,25,26,30). The van der Waals surface area contributed by atoms with E-state index in [1.54, 1.807) is 0 Å². The number of hydrogen-bond donors (Lipinski definition) is 2. The van der Waals surface area contributed by atoms with E-state index in [4.69, 9.17) is 26.9 Å². The molecule has 7 nitrogen and oxygen atoms in total. The molecule has 30 heavy (non-hydrogen) atoms. The minimum atomic E-state index is 0.247. The molecular formula is C22H36N6OS. The van der Waals surface area contributed by atoms with Gasteiger partial charge in [0.2, 0.25) is 5.95 Å². The fourth-order valence-corrected chi connectivity index (χ4v) is 5.11. The van der Waals surface area contributed by atoms with Gasteiger partial charge in [0, 0.05) is 45.4 Å². The third-order valence-electron chi connectivity index (χ3n) is 6.31. The predicted molar refractivity (Wildman–Crippen MR) is 126 cm³/mol. The Morgan fingerprint density at radius 2 is 1.77 bits per heavy atom. The first-order valence-corrected chi connectivity index (χ1v) is 12.0. The molecule has 0 bridgehead atoms. The molecule has 0 saturated carbocycles. The van der Waals surface area contributed by atoms with Gasteiger partial charge in [0.1, 0.15) is 11.6 Å². The molecule has 2 N–H and O–H groups in total. The summed E-state index contributed by atoms with van der Waals surface area (Å²) in [6, 6.07) is 2.17. The molecule has 0 aromatic carbocycles. The molecule has 3 unspecified atom stereocenters. The van der Waals surface area contributed by atoms with E-state index in [1.807, 2.05) is 0 Å². The lowest BCUT2D eigenvalue weighted by molar-refractivity contribution is 0.114. The van der Waals surface area contributed by atoms with Crippen LogP contribution in [0.15, 0.2) is 6.07 Å².